The average molecular weight is 222 g/mol. The van der Waals surface area contributed by atoms with Crippen LogP contribution in [0.5, 0.6) is 0 Å². The summed E-state index contributed by atoms with van der Waals surface area (Å²) in [6, 6.07) is 0. The normalized spacial score (nSPS) is 15.3. The molecule has 16 heavy (non-hydrogen) atoms. The number of aromatic nitrogens is 1. The average Bonchev–Trinajstić information content (AvgIpc) is 2.47. The zero-order valence-corrected chi connectivity index (χ0v) is 9.64. The number of nitrogen functional groups attached to an aromatic ring is 1. The number of carbonyl (C=O) groups excluding carboxylic acids is 1. The van der Waals surface area contributed by atoms with Crippen molar-refractivity contribution in [2.75, 3.05) is 12.3 Å². The molecular weight excluding hydrogens is 204 g/mol. The Labute approximate surface area is 95.2 Å². The van der Waals surface area contributed by atoms with Crippen LogP contribution in [-0.4, -0.2) is 17.6 Å². The van der Waals surface area contributed by atoms with E-state index in [9.17, 15) is 4.79 Å². The van der Waals surface area contributed by atoms with Crippen LogP contribution in [0.15, 0.2) is 0 Å². The highest BCUT2D eigenvalue weighted by Crippen LogP contribution is 2.28. The van der Waals surface area contributed by atoms with Gasteiger partial charge in [0.25, 0.3) is 0 Å². The first-order valence-corrected chi connectivity index (χ1v) is 5.90. The lowest BCUT2D eigenvalue weighted by molar-refractivity contribution is 0.0521. The van der Waals surface area contributed by atoms with Crippen LogP contribution in [-0.2, 0) is 17.6 Å². The Morgan fingerprint density at radius 3 is 2.88 bits per heavy atom. The number of esters is 1. The Morgan fingerprint density at radius 2 is 2.12 bits per heavy atom. The number of nitrogens with two attached hydrogens (primary N) is 1. The van der Waals surface area contributed by atoms with Crippen LogP contribution >= 0.6 is 0 Å². The van der Waals surface area contributed by atoms with Crippen molar-refractivity contribution < 1.29 is 9.53 Å². The molecule has 0 fully saturated rings. The van der Waals surface area contributed by atoms with E-state index in [-0.39, 0.29) is 5.97 Å². The zero-order chi connectivity index (χ0) is 11.5. The van der Waals surface area contributed by atoms with Gasteiger partial charge in [-0.15, -0.1) is 0 Å². The number of hydrogen-bond donors (Lipinski definition) is 2. The van der Waals surface area contributed by atoms with E-state index < -0.39 is 0 Å². The summed E-state index contributed by atoms with van der Waals surface area (Å²) in [5.41, 5.74) is 9.27. The molecule has 1 aromatic rings. The van der Waals surface area contributed by atoms with Gasteiger partial charge in [0, 0.05) is 5.69 Å². The third-order valence-electron chi connectivity index (χ3n) is 3.07. The second-order valence-corrected chi connectivity index (χ2v) is 4.15. The number of aryl methyl sites for hydroxylation is 1. The monoisotopic (exact) mass is 222 g/mol. The van der Waals surface area contributed by atoms with Crippen molar-refractivity contribution in [3.8, 4) is 0 Å². The molecule has 0 saturated heterocycles. The summed E-state index contributed by atoms with van der Waals surface area (Å²) in [5.74, 6) is -0.340. The van der Waals surface area contributed by atoms with Gasteiger partial charge in [0.2, 0.25) is 0 Å². The van der Waals surface area contributed by atoms with Gasteiger partial charge < -0.3 is 15.5 Å². The number of fused-ring (bicyclic) bond motifs is 1. The molecule has 0 bridgehead atoms. The van der Waals surface area contributed by atoms with Crippen LogP contribution in [0.25, 0.3) is 0 Å². The van der Waals surface area contributed by atoms with Crippen molar-refractivity contribution in [2.24, 2.45) is 0 Å². The number of anilines is 1. The Morgan fingerprint density at radius 1 is 1.38 bits per heavy atom. The van der Waals surface area contributed by atoms with Gasteiger partial charge in [-0.1, -0.05) is 6.42 Å². The number of rotatable bonds is 2. The molecule has 88 valence electrons. The molecule has 1 aliphatic rings. The van der Waals surface area contributed by atoms with Crippen LogP contribution in [0.4, 0.5) is 5.69 Å². The molecule has 0 aromatic carbocycles. The van der Waals surface area contributed by atoms with E-state index in [4.69, 9.17) is 10.5 Å². The van der Waals surface area contributed by atoms with E-state index in [2.05, 4.69) is 4.98 Å². The van der Waals surface area contributed by atoms with Crippen molar-refractivity contribution >= 4 is 11.7 Å². The Balaban J connectivity index is 2.31. The fourth-order valence-corrected chi connectivity index (χ4v) is 2.25. The van der Waals surface area contributed by atoms with E-state index in [1.807, 2.05) is 0 Å². The molecule has 0 atom stereocenters. The summed E-state index contributed by atoms with van der Waals surface area (Å²) in [5, 5.41) is 0. The molecule has 4 nitrogen and oxygen atoms in total. The van der Waals surface area contributed by atoms with Crippen LogP contribution in [0.3, 0.4) is 0 Å². The number of aromatic amines is 1. The van der Waals surface area contributed by atoms with E-state index in [1.54, 1.807) is 6.92 Å². The van der Waals surface area contributed by atoms with Crippen LogP contribution in [0.1, 0.15) is 47.9 Å². The molecule has 0 amide bonds. The Kier molecular flexibility index (Phi) is 3.17. The van der Waals surface area contributed by atoms with Gasteiger partial charge in [0.1, 0.15) is 5.69 Å². The first kappa shape index (κ1) is 11.0. The van der Waals surface area contributed by atoms with Crippen molar-refractivity contribution in [2.45, 2.75) is 39.0 Å². The van der Waals surface area contributed by atoms with Gasteiger partial charge >= 0.3 is 5.97 Å². The summed E-state index contributed by atoms with van der Waals surface area (Å²) in [6.07, 6.45) is 5.50. The van der Waals surface area contributed by atoms with Gasteiger partial charge in [-0.3, -0.25) is 0 Å². The zero-order valence-electron chi connectivity index (χ0n) is 9.64. The number of hydrogen-bond acceptors (Lipinski definition) is 3. The summed E-state index contributed by atoms with van der Waals surface area (Å²) >= 11 is 0. The smallest absolute Gasteiger partial charge is 0.356 e. The maximum Gasteiger partial charge on any atom is 0.356 e. The molecule has 0 radical (unpaired) electrons. The minimum Gasteiger partial charge on any atom is -0.461 e. The van der Waals surface area contributed by atoms with Crippen LogP contribution in [0.2, 0.25) is 0 Å². The SMILES string of the molecule is CCOC(=O)c1[nH]c2c(c1N)CCCCC2. The number of carbonyl (C=O) groups is 1. The summed E-state index contributed by atoms with van der Waals surface area (Å²) in [6.45, 7) is 2.17. The van der Waals surface area contributed by atoms with Gasteiger partial charge in [-0.05, 0) is 38.2 Å². The quantitative estimate of drug-likeness (QED) is 0.594. The van der Waals surface area contributed by atoms with Gasteiger partial charge in [0.05, 0.1) is 12.3 Å². The second-order valence-electron chi connectivity index (χ2n) is 4.15. The molecule has 1 aromatic heterocycles. The Bertz CT molecular complexity index is 396. The predicted octanol–water partition coefficient (Wildman–Crippen LogP) is 2.04. The lowest BCUT2D eigenvalue weighted by atomic mass is 10.1. The first-order valence-electron chi connectivity index (χ1n) is 5.90. The lowest BCUT2D eigenvalue weighted by Crippen LogP contribution is -2.08. The topological polar surface area (TPSA) is 68.1 Å². The van der Waals surface area contributed by atoms with E-state index in [0.29, 0.717) is 18.0 Å². The maximum absolute atomic E-state index is 11.6. The first-order chi connectivity index (χ1) is 7.74. The third kappa shape index (κ3) is 1.92. The highest BCUT2D eigenvalue weighted by molar-refractivity contribution is 5.94. The van der Waals surface area contributed by atoms with Gasteiger partial charge in [-0.25, -0.2) is 4.79 Å². The number of ether oxygens (including phenoxy) is 1. The molecule has 4 heteroatoms. The fraction of sp³-hybridized carbons (Fsp3) is 0.583. The van der Waals surface area contributed by atoms with E-state index >= 15 is 0 Å². The molecule has 1 heterocycles. The second kappa shape index (κ2) is 4.60. The van der Waals surface area contributed by atoms with Crippen molar-refractivity contribution in [1.29, 1.82) is 0 Å². The lowest BCUT2D eigenvalue weighted by Gasteiger charge is -2.01. The number of H-pyrrole nitrogens is 1. The molecule has 0 unspecified atom stereocenters. The molecule has 3 N–H and O–H groups in total. The largest absolute Gasteiger partial charge is 0.461 e. The van der Waals surface area contributed by atoms with Crippen LogP contribution < -0.4 is 5.73 Å². The van der Waals surface area contributed by atoms with Crippen molar-refractivity contribution in [3.05, 3.63) is 17.0 Å². The summed E-state index contributed by atoms with van der Waals surface area (Å²) in [4.78, 5) is 14.8. The predicted molar refractivity (Wildman–Crippen MR) is 62.4 cm³/mol. The van der Waals surface area contributed by atoms with E-state index in [1.165, 1.54) is 6.42 Å². The highest BCUT2D eigenvalue weighted by atomic mass is 16.5. The molecule has 0 aliphatic heterocycles. The van der Waals surface area contributed by atoms with Gasteiger partial charge in [0.15, 0.2) is 0 Å². The molecular formula is C12H18N2O2. The fourth-order valence-electron chi connectivity index (χ4n) is 2.25. The maximum atomic E-state index is 11.6. The van der Waals surface area contributed by atoms with E-state index in [0.717, 1.165) is 36.9 Å². The third-order valence-corrected chi connectivity index (χ3v) is 3.07. The highest BCUT2D eigenvalue weighted by Gasteiger charge is 2.21. The van der Waals surface area contributed by atoms with Crippen molar-refractivity contribution in [1.82, 2.24) is 4.98 Å². The summed E-state index contributed by atoms with van der Waals surface area (Å²) < 4.78 is 4.97. The molecule has 1 aliphatic carbocycles. The molecule has 2 rings (SSSR count). The van der Waals surface area contributed by atoms with Gasteiger partial charge in [-0.2, -0.15) is 0 Å². The molecule has 0 saturated carbocycles. The standard InChI is InChI=1S/C12H18N2O2/c1-2-16-12(15)11-10(13)8-6-4-3-5-7-9(8)14-11/h14H,2-7,13H2,1H3. The van der Waals surface area contributed by atoms with Crippen molar-refractivity contribution in [3.63, 3.8) is 0 Å². The number of nitrogens with one attached hydrogen (secondary N) is 1. The Hall–Kier alpha value is -1.45. The summed E-state index contributed by atoms with van der Waals surface area (Å²) in [7, 11) is 0. The van der Waals surface area contributed by atoms with Crippen LogP contribution in [0, 0.1) is 0 Å². The molecule has 0 spiro atoms. The minimum atomic E-state index is -0.340. The minimum absolute atomic E-state index is 0.340.